The zero-order chi connectivity index (χ0) is 13.3. The SMILES string of the molecule is O=c1cccc[nH]1.c1ccc(-c2ccccc2)cc1. The number of nitrogens with one attached hydrogen (secondary N) is 1. The van der Waals surface area contributed by atoms with Crippen molar-refractivity contribution >= 4 is 0 Å². The van der Waals surface area contributed by atoms with E-state index in [1.807, 2.05) is 12.1 Å². The molecule has 1 N–H and O–H groups in total. The predicted molar refractivity (Wildman–Crippen MR) is 78.9 cm³/mol. The third-order valence-corrected chi connectivity index (χ3v) is 2.56. The minimum absolute atomic E-state index is 0.0532. The molecule has 94 valence electrons. The summed E-state index contributed by atoms with van der Waals surface area (Å²) in [4.78, 5) is 12.7. The molecule has 0 bridgehead atoms. The van der Waals surface area contributed by atoms with Crippen molar-refractivity contribution in [2.24, 2.45) is 0 Å². The molecule has 0 amide bonds. The maximum Gasteiger partial charge on any atom is 0.247 e. The monoisotopic (exact) mass is 249 g/mol. The van der Waals surface area contributed by atoms with E-state index in [1.54, 1.807) is 18.3 Å². The number of rotatable bonds is 1. The fraction of sp³-hybridized carbons (Fsp3) is 0. The van der Waals surface area contributed by atoms with Gasteiger partial charge in [0.2, 0.25) is 5.56 Å². The zero-order valence-electron chi connectivity index (χ0n) is 10.5. The molecule has 0 aliphatic heterocycles. The summed E-state index contributed by atoms with van der Waals surface area (Å²) in [5.41, 5.74) is 2.50. The summed E-state index contributed by atoms with van der Waals surface area (Å²) in [5.74, 6) is 0. The predicted octanol–water partition coefficient (Wildman–Crippen LogP) is 3.73. The molecule has 2 nitrogen and oxygen atoms in total. The fourth-order valence-corrected chi connectivity index (χ4v) is 1.64. The van der Waals surface area contributed by atoms with Crippen molar-refractivity contribution < 1.29 is 0 Å². The van der Waals surface area contributed by atoms with Crippen molar-refractivity contribution in [3.63, 3.8) is 0 Å². The Morgan fingerprint density at radius 2 is 1.05 bits per heavy atom. The van der Waals surface area contributed by atoms with Gasteiger partial charge in [0.15, 0.2) is 0 Å². The van der Waals surface area contributed by atoms with Gasteiger partial charge >= 0.3 is 0 Å². The first-order chi connectivity index (χ1) is 9.36. The third kappa shape index (κ3) is 4.28. The second-order valence-corrected chi connectivity index (χ2v) is 3.96. The molecule has 2 aromatic carbocycles. The Morgan fingerprint density at radius 1 is 0.579 bits per heavy atom. The summed E-state index contributed by atoms with van der Waals surface area (Å²) in [6.07, 6.45) is 1.60. The van der Waals surface area contributed by atoms with Crippen molar-refractivity contribution in [1.29, 1.82) is 0 Å². The quantitative estimate of drug-likeness (QED) is 0.700. The number of hydrogen-bond donors (Lipinski definition) is 1. The Hall–Kier alpha value is -2.61. The van der Waals surface area contributed by atoms with Gasteiger partial charge in [0, 0.05) is 12.3 Å². The molecule has 0 atom stereocenters. The number of aromatic nitrogens is 1. The van der Waals surface area contributed by atoms with Crippen molar-refractivity contribution in [2.75, 3.05) is 0 Å². The molecular weight excluding hydrogens is 234 g/mol. The van der Waals surface area contributed by atoms with E-state index in [2.05, 4.69) is 53.5 Å². The second kappa shape index (κ2) is 6.97. The molecule has 0 spiro atoms. The summed E-state index contributed by atoms with van der Waals surface area (Å²) < 4.78 is 0. The first-order valence-electron chi connectivity index (χ1n) is 6.10. The smallest absolute Gasteiger partial charge is 0.247 e. The average molecular weight is 249 g/mol. The first-order valence-corrected chi connectivity index (χ1v) is 6.10. The molecule has 3 aromatic rings. The molecule has 0 saturated carbocycles. The molecule has 19 heavy (non-hydrogen) atoms. The van der Waals surface area contributed by atoms with Crippen molar-refractivity contribution in [1.82, 2.24) is 4.98 Å². The average Bonchev–Trinajstić information content (AvgIpc) is 2.51. The van der Waals surface area contributed by atoms with Crippen LogP contribution in [0.25, 0.3) is 11.1 Å². The van der Waals surface area contributed by atoms with Crippen LogP contribution in [0.2, 0.25) is 0 Å². The van der Waals surface area contributed by atoms with Gasteiger partial charge in [-0.25, -0.2) is 0 Å². The number of H-pyrrole nitrogens is 1. The van der Waals surface area contributed by atoms with Crippen LogP contribution in [0.3, 0.4) is 0 Å². The largest absolute Gasteiger partial charge is 0.329 e. The van der Waals surface area contributed by atoms with Crippen LogP contribution < -0.4 is 5.56 Å². The third-order valence-electron chi connectivity index (χ3n) is 2.56. The lowest BCUT2D eigenvalue weighted by Gasteiger charge is -1.98. The highest BCUT2D eigenvalue weighted by Gasteiger charge is 1.91. The van der Waals surface area contributed by atoms with E-state index < -0.39 is 0 Å². The molecule has 0 aliphatic rings. The molecule has 0 fully saturated rings. The molecule has 2 heteroatoms. The lowest BCUT2D eigenvalue weighted by Crippen LogP contribution is -1.98. The van der Waals surface area contributed by atoms with E-state index in [9.17, 15) is 4.79 Å². The zero-order valence-corrected chi connectivity index (χ0v) is 10.5. The summed E-state index contributed by atoms with van der Waals surface area (Å²) >= 11 is 0. The Morgan fingerprint density at radius 3 is 1.37 bits per heavy atom. The molecule has 0 radical (unpaired) electrons. The van der Waals surface area contributed by atoms with Crippen molar-refractivity contribution in [3.8, 4) is 11.1 Å². The Kier molecular flexibility index (Phi) is 4.71. The van der Waals surface area contributed by atoms with E-state index in [1.165, 1.54) is 17.2 Å². The van der Waals surface area contributed by atoms with Gasteiger partial charge in [-0.05, 0) is 17.2 Å². The Labute approximate surface area is 112 Å². The number of hydrogen-bond acceptors (Lipinski definition) is 1. The molecule has 3 rings (SSSR count). The molecule has 1 aromatic heterocycles. The second-order valence-electron chi connectivity index (χ2n) is 3.96. The summed E-state index contributed by atoms with van der Waals surface area (Å²) in [5, 5.41) is 0. The van der Waals surface area contributed by atoms with Gasteiger partial charge in [-0.15, -0.1) is 0 Å². The number of aromatic amines is 1. The first kappa shape index (κ1) is 12.8. The van der Waals surface area contributed by atoms with Gasteiger partial charge < -0.3 is 4.98 Å². The lowest BCUT2D eigenvalue weighted by molar-refractivity contribution is 1.24. The molecule has 0 saturated heterocycles. The van der Waals surface area contributed by atoms with E-state index in [0.29, 0.717) is 0 Å². The van der Waals surface area contributed by atoms with Crippen LogP contribution >= 0.6 is 0 Å². The van der Waals surface area contributed by atoms with Crippen LogP contribution in [-0.2, 0) is 0 Å². The van der Waals surface area contributed by atoms with E-state index in [-0.39, 0.29) is 5.56 Å². The van der Waals surface area contributed by atoms with Crippen LogP contribution in [0.15, 0.2) is 89.9 Å². The number of benzene rings is 2. The highest BCUT2D eigenvalue weighted by atomic mass is 16.1. The highest BCUT2D eigenvalue weighted by Crippen LogP contribution is 2.17. The molecule has 1 heterocycles. The van der Waals surface area contributed by atoms with Crippen LogP contribution in [0.5, 0.6) is 0 Å². The van der Waals surface area contributed by atoms with Gasteiger partial charge in [0.05, 0.1) is 0 Å². The molecular formula is C17H15NO. The van der Waals surface area contributed by atoms with E-state index in [0.717, 1.165) is 0 Å². The van der Waals surface area contributed by atoms with Crippen LogP contribution in [0, 0.1) is 0 Å². The van der Waals surface area contributed by atoms with Crippen LogP contribution in [-0.4, -0.2) is 4.98 Å². The Balaban J connectivity index is 0.000000163. The topological polar surface area (TPSA) is 32.9 Å². The number of pyridine rings is 1. The van der Waals surface area contributed by atoms with Gasteiger partial charge in [-0.1, -0.05) is 66.7 Å². The highest BCUT2D eigenvalue weighted by molar-refractivity contribution is 5.62. The van der Waals surface area contributed by atoms with Gasteiger partial charge in [0.25, 0.3) is 0 Å². The van der Waals surface area contributed by atoms with Gasteiger partial charge in [-0.2, -0.15) is 0 Å². The normalized spacial score (nSPS) is 9.26. The van der Waals surface area contributed by atoms with E-state index in [4.69, 9.17) is 0 Å². The Bertz CT molecular complexity index is 590. The van der Waals surface area contributed by atoms with E-state index >= 15 is 0 Å². The van der Waals surface area contributed by atoms with Crippen LogP contribution in [0.1, 0.15) is 0 Å². The minimum atomic E-state index is -0.0532. The summed E-state index contributed by atoms with van der Waals surface area (Å²) in [6, 6.07) is 25.7. The fourth-order valence-electron chi connectivity index (χ4n) is 1.64. The van der Waals surface area contributed by atoms with Crippen molar-refractivity contribution in [2.45, 2.75) is 0 Å². The maximum absolute atomic E-state index is 10.2. The standard InChI is InChI=1S/C12H10.C5H5NO/c1-3-7-11(8-4-1)12-9-5-2-6-10-12;7-5-3-1-2-4-6-5/h1-10H;1-4H,(H,6,7). The maximum atomic E-state index is 10.2. The molecule has 0 unspecified atom stereocenters. The lowest BCUT2D eigenvalue weighted by atomic mass is 10.1. The van der Waals surface area contributed by atoms with Crippen LogP contribution in [0.4, 0.5) is 0 Å². The van der Waals surface area contributed by atoms with Gasteiger partial charge in [0.1, 0.15) is 0 Å². The van der Waals surface area contributed by atoms with Gasteiger partial charge in [-0.3, -0.25) is 4.79 Å². The summed E-state index contributed by atoms with van der Waals surface area (Å²) in [7, 11) is 0. The minimum Gasteiger partial charge on any atom is -0.329 e. The molecule has 0 aliphatic carbocycles. The van der Waals surface area contributed by atoms with Crippen molar-refractivity contribution in [3.05, 3.63) is 95.4 Å². The summed E-state index contributed by atoms with van der Waals surface area (Å²) in [6.45, 7) is 0.